The van der Waals surface area contributed by atoms with Crippen LogP contribution >= 0.6 is 11.3 Å². The number of hydrogen-bond donors (Lipinski definition) is 1. The Bertz CT molecular complexity index is 1440. The number of anilines is 1. The highest BCUT2D eigenvalue weighted by Gasteiger charge is 2.48. The van der Waals surface area contributed by atoms with Crippen molar-refractivity contribution < 1.29 is 19.4 Å². The standard InChI is InChI=1S/C26H21N3O4S/c1-14-13-19(33-3)15(2)12-17(14)23(30)21-22(16-8-10-27-11-9-16)29(25(32)24(21)31)26-28-18-6-4-5-7-20(18)34-26/h4-13,22,30H,1-3H3/b23-21+. The number of methoxy groups -OCH3 is 1. The van der Waals surface area contributed by atoms with Crippen LogP contribution in [-0.4, -0.2) is 33.9 Å². The topological polar surface area (TPSA) is 92.6 Å². The molecule has 1 aliphatic heterocycles. The number of aliphatic hydroxyl groups excluding tert-OH is 1. The van der Waals surface area contributed by atoms with Gasteiger partial charge in [0.15, 0.2) is 5.13 Å². The molecule has 7 nitrogen and oxygen atoms in total. The number of carbonyl (C=O) groups excluding carboxylic acids is 2. The maximum absolute atomic E-state index is 13.3. The van der Waals surface area contributed by atoms with Crippen LogP contribution in [0, 0.1) is 13.8 Å². The van der Waals surface area contributed by atoms with E-state index in [-0.39, 0.29) is 11.3 Å². The third-order valence-electron chi connectivity index (χ3n) is 5.95. The van der Waals surface area contributed by atoms with E-state index in [9.17, 15) is 14.7 Å². The largest absolute Gasteiger partial charge is 0.507 e. The van der Waals surface area contributed by atoms with Crippen molar-refractivity contribution in [3.05, 3.63) is 88.8 Å². The summed E-state index contributed by atoms with van der Waals surface area (Å²) < 4.78 is 6.28. The first-order chi connectivity index (χ1) is 16.4. The van der Waals surface area contributed by atoms with Gasteiger partial charge in [-0.05, 0) is 66.9 Å². The van der Waals surface area contributed by atoms with Crippen molar-refractivity contribution in [2.75, 3.05) is 12.0 Å². The van der Waals surface area contributed by atoms with Gasteiger partial charge < -0.3 is 9.84 Å². The van der Waals surface area contributed by atoms with Crippen LogP contribution in [0.5, 0.6) is 5.75 Å². The molecule has 4 aromatic rings. The second-order valence-corrected chi connectivity index (χ2v) is 9.06. The van der Waals surface area contributed by atoms with Crippen LogP contribution in [0.4, 0.5) is 5.13 Å². The molecular formula is C26H21N3O4S. The molecule has 1 aliphatic rings. The quantitative estimate of drug-likeness (QED) is 0.257. The van der Waals surface area contributed by atoms with Crippen molar-refractivity contribution in [1.82, 2.24) is 9.97 Å². The lowest BCUT2D eigenvalue weighted by Crippen LogP contribution is -2.29. The van der Waals surface area contributed by atoms with Crippen LogP contribution in [0.15, 0.2) is 66.5 Å². The van der Waals surface area contributed by atoms with E-state index in [4.69, 9.17) is 4.74 Å². The molecule has 1 N–H and O–H groups in total. The summed E-state index contributed by atoms with van der Waals surface area (Å²) in [5, 5.41) is 11.8. The first-order valence-electron chi connectivity index (χ1n) is 10.6. The van der Waals surface area contributed by atoms with Crippen molar-refractivity contribution in [2.45, 2.75) is 19.9 Å². The van der Waals surface area contributed by atoms with E-state index in [1.807, 2.05) is 38.1 Å². The summed E-state index contributed by atoms with van der Waals surface area (Å²) in [6, 6.07) is 13.7. The van der Waals surface area contributed by atoms with Gasteiger partial charge in [-0.3, -0.25) is 19.5 Å². The van der Waals surface area contributed by atoms with Gasteiger partial charge in [0, 0.05) is 18.0 Å². The minimum absolute atomic E-state index is 0.0168. The van der Waals surface area contributed by atoms with Gasteiger partial charge in [0.05, 0.1) is 28.9 Å². The molecule has 1 saturated heterocycles. The highest BCUT2D eigenvalue weighted by atomic mass is 32.1. The van der Waals surface area contributed by atoms with Gasteiger partial charge in [0.25, 0.3) is 5.78 Å². The molecular weight excluding hydrogens is 450 g/mol. The highest BCUT2D eigenvalue weighted by molar-refractivity contribution is 7.22. The number of rotatable bonds is 4. The maximum atomic E-state index is 13.3. The molecule has 170 valence electrons. The second-order valence-electron chi connectivity index (χ2n) is 8.05. The molecule has 0 radical (unpaired) electrons. The molecule has 0 spiro atoms. The summed E-state index contributed by atoms with van der Waals surface area (Å²) in [6.07, 6.45) is 3.19. The summed E-state index contributed by atoms with van der Waals surface area (Å²) in [6.45, 7) is 3.68. The van der Waals surface area contributed by atoms with Gasteiger partial charge in [-0.25, -0.2) is 4.98 Å². The Kier molecular flexibility index (Phi) is 5.37. The van der Waals surface area contributed by atoms with E-state index in [1.54, 1.807) is 43.8 Å². The first kappa shape index (κ1) is 21.8. The van der Waals surface area contributed by atoms with Crippen molar-refractivity contribution in [1.29, 1.82) is 0 Å². The summed E-state index contributed by atoms with van der Waals surface area (Å²) in [5.74, 6) is -1.04. The predicted molar refractivity (Wildman–Crippen MR) is 131 cm³/mol. The van der Waals surface area contributed by atoms with E-state index >= 15 is 0 Å². The number of aryl methyl sites for hydroxylation is 2. The number of aliphatic hydroxyl groups is 1. The Labute approximate surface area is 200 Å². The van der Waals surface area contributed by atoms with Crippen LogP contribution < -0.4 is 9.64 Å². The van der Waals surface area contributed by atoms with Gasteiger partial charge in [-0.2, -0.15) is 0 Å². The summed E-state index contributed by atoms with van der Waals surface area (Å²) in [7, 11) is 1.58. The highest BCUT2D eigenvalue weighted by Crippen LogP contribution is 2.44. The Morgan fingerprint density at radius 3 is 2.50 bits per heavy atom. The Balaban J connectivity index is 1.74. The molecule has 8 heteroatoms. The van der Waals surface area contributed by atoms with Gasteiger partial charge in [0.1, 0.15) is 11.5 Å². The molecule has 2 aromatic carbocycles. The van der Waals surface area contributed by atoms with Crippen molar-refractivity contribution in [3.63, 3.8) is 0 Å². The minimum Gasteiger partial charge on any atom is -0.507 e. The van der Waals surface area contributed by atoms with Crippen LogP contribution in [0.3, 0.4) is 0 Å². The number of para-hydroxylation sites is 1. The lowest BCUT2D eigenvalue weighted by atomic mass is 9.93. The predicted octanol–water partition coefficient (Wildman–Crippen LogP) is 4.94. The molecule has 0 saturated carbocycles. The number of amides is 1. The van der Waals surface area contributed by atoms with Crippen LogP contribution in [0.25, 0.3) is 16.0 Å². The number of ketones is 1. The zero-order chi connectivity index (χ0) is 24.0. The lowest BCUT2D eigenvalue weighted by Gasteiger charge is -2.23. The average Bonchev–Trinajstić information content (AvgIpc) is 3.39. The number of Topliss-reactive ketones (excluding diaryl/α,β-unsaturated/α-hetero) is 1. The summed E-state index contributed by atoms with van der Waals surface area (Å²) >= 11 is 1.32. The number of aromatic nitrogens is 2. The number of carbonyl (C=O) groups is 2. The molecule has 0 aliphatic carbocycles. The number of fused-ring (bicyclic) bond motifs is 1. The smallest absolute Gasteiger partial charge is 0.301 e. The van der Waals surface area contributed by atoms with Crippen molar-refractivity contribution in [2.24, 2.45) is 0 Å². The molecule has 0 bridgehead atoms. The van der Waals surface area contributed by atoms with Gasteiger partial charge in [-0.1, -0.05) is 23.5 Å². The number of hydrogen-bond acceptors (Lipinski definition) is 7. The third kappa shape index (κ3) is 3.43. The van der Waals surface area contributed by atoms with E-state index in [2.05, 4.69) is 9.97 Å². The number of nitrogens with zero attached hydrogens (tertiary/aromatic N) is 3. The van der Waals surface area contributed by atoms with E-state index < -0.39 is 17.7 Å². The molecule has 1 fully saturated rings. The molecule has 1 amide bonds. The second kappa shape index (κ2) is 8.39. The van der Waals surface area contributed by atoms with Crippen molar-refractivity contribution in [3.8, 4) is 5.75 Å². The average molecular weight is 472 g/mol. The van der Waals surface area contributed by atoms with Gasteiger partial charge >= 0.3 is 5.91 Å². The maximum Gasteiger partial charge on any atom is 0.301 e. The number of thiazole rings is 1. The Morgan fingerprint density at radius 1 is 1.06 bits per heavy atom. The fraction of sp³-hybridized carbons (Fsp3) is 0.154. The summed E-state index contributed by atoms with van der Waals surface area (Å²) in [4.78, 5) is 36.7. The lowest BCUT2D eigenvalue weighted by molar-refractivity contribution is -0.132. The Hall–Kier alpha value is -4.04. The first-order valence-corrected chi connectivity index (χ1v) is 11.4. The van der Waals surface area contributed by atoms with Crippen LogP contribution in [0.1, 0.15) is 28.3 Å². The fourth-order valence-corrected chi connectivity index (χ4v) is 5.26. The van der Waals surface area contributed by atoms with Gasteiger partial charge in [0.2, 0.25) is 0 Å². The van der Waals surface area contributed by atoms with Crippen molar-refractivity contribution >= 4 is 44.1 Å². The number of benzene rings is 2. The number of pyridine rings is 1. The van der Waals surface area contributed by atoms with Gasteiger partial charge in [-0.15, -0.1) is 0 Å². The fourth-order valence-electron chi connectivity index (χ4n) is 4.26. The monoisotopic (exact) mass is 471 g/mol. The van der Waals surface area contributed by atoms with Crippen LogP contribution in [0.2, 0.25) is 0 Å². The SMILES string of the molecule is COc1cc(C)c(/C(O)=C2\C(=O)C(=O)N(c3nc4ccccc4s3)C2c2ccncc2)cc1C. The zero-order valence-corrected chi connectivity index (χ0v) is 19.6. The molecule has 34 heavy (non-hydrogen) atoms. The van der Waals surface area contributed by atoms with E-state index in [0.29, 0.717) is 22.0 Å². The molecule has 1 unspecified atom stereocenters. The van der Waals surface area contributed by atoms with Crippen LogP contribution in [-0.2, 0) is 9.59 Å². The molecule has 5 rings (SSSR count). The minimum atomic E-state index is -0.842. The summed E-state index contributed by atoms with van der Waals surface area (Å²) in [5.41, 5.74) is 3.40. The normalized spacial score (nSPS) is 17.5. The number of ether oxygens (including phenoxy) is 1. The van der Waals surface area contributed by atoms with E-state index in [1.165, 1.54) is 16.2 Å². The Morgan fingerprint density at radius 2 is 1.79 bits per heavy atom. The molecule has 2 aromatic heterocycles. The third-order valence-corrected chi connectivity index (χ3v) is 6.99. The van der Waals surface area contributed by atoms with E-state index in [0.717, 1.165) is 21.3 Å². The zero-order valence-electron chi connectivity index (χ0n) is 18.8. The molecule has 1 atom stereocenters. The molecule has 3 heterocycles.